The Balaban J connectivity index is 2.25. The molecule has 0 saturated heterocycles. The third-order valence-electron chi connectivity index (χ3n) is 4.27. The van der Waals surface area contributed by atoms with E-state index in [1.807, 2.05) is 0 Å². The van der Waals surface area contributed by atoms with Crippen molar-refractivity contribution in [2.45, 2.75) is 31.7 Å². The molecule has 0 N–H and O–H groups in total. The smallest absolute Gasteiger partial charge is 0.271 e. The van der Waals surface area contributed by atoms with Gasteiger partial charge in [-0.3, -0.25) is 19.2 Å². The lowest BCUT2D eigenvalue weighted by atomic mass is 10.2. The zero-order valence-electron chi connectivity index (χ0n) is 13.7. The van der Waals surface area contributed by atoms with Gasteiger partial charge in [0.25, 0.3) is 5.69 Å². The summed E-state index contributed by atoms with van der Waals surface area (Å²) in [7, 11) is -2.08. The summed E-state index contributed by atoms with van der Waals surface area (Å²) < 4.78 is 25.1. The second-order valence-corrected chi connectivity index (χ2v) is 7.90. The van der Waals surface area contributed by atoms with E-state index in [0.717, 1.165) is 42.3 Å². The molecule has 1 fully saturated rings. The van der Waals surface area contributed by atoms with E-state index in [2.05, 4.69) is 0 Å². The quantitative estimate of drug-likeness (QED) is 0.572. The van der Waals surface area contributed by atoms with Gasteiger partial charge in [-0.15, -0.1) is 0 Å². The van der Waals surface area contributed by atoms with E-state index in [4.69, 9.17) is 0 Å². The maximum Gasteiger partial charge on any atom is 0.271 e. The number of carbonyl (C=O) groups is 1. The summed E-state index contributed by atoms with van der Waals surface area (Å²) in [5.74, 6) is -0.321. The number of nitro groups is 1. The van der Waals surface area contributed by atoms with Crippen molar-refractivity contribution in [1.29, 1.82) is 0 Å². The monoisotopic (exact) mass is 355 g/mol. The van der Waals surface area contributed by atoms with E-state index in [1.165, 1.54) is 18.2 Å². The number of carbonyl (C=O) groups excluding carboxylic acids is 1. The Morgan fingerprint density at radius 2 is 1.96 bits per heavy atom. The molecule has 0 atom stereocenters. The number of rotatable bonds is 6. The van der Waals surface area contributed by atoms with Gasteiger partial charge in [0.1, 0.15) is 6.54 Å². The van der Waals surface area contributed by atoms with Gasteiger partial charge >= 0.3 is 0 Å². The van der Waals surface area contributed by atoms with Gasteiger partial charge in [-0.1, -0.05) is 18.9 Å². The molecule has 0 aliphatic heterocycles. The van der Waals surface area contributed by atoms with Crippen molar-refractivity contribution in [3.63, 3.8) is 0 Å². The molecule has 9 heteroatoms. The third kappa shape index (κ3) is 4.22. The average Bonchev–Trinajstić information content (AvgIpc) is 3.04. The van der Waals surface area contributed by atoms with Crippen molar-refractivity contribution in [3.05, 3.63) is 34.4 Å². The number of amides is 1. The number of non-ortho nitro benzene ring substituents is 1. The highest BCUT2D eigenvalue weighted by atomic mass is 32.2. The van der Waals surface area contributed by atoms with Gasteiger partial charge in [-0.2, -0.15) is 0 Å². The molecular weight excluding hydrogens is 334 g/mol. The first-order valence-corrected chi connectivity index (χ1v) is 9.53. The molecule has 1 aliphatic rings. The van der Waals surface area contributed by atoms with Gasteiger partial charge in [-0.05, 0) is 18.9 Å². The van der Waals surface area contributed by atoms with E-state index < -0.39 is 14.9 Å². The highest BCUT2D eigenvalue weighted by molar-refractivity contribution is 7.92. The highest BCUT2D eigenvalue weighted by Crippen LogP contribution is 2.25. The zero-order chi connectivity index (χ0) is 17.9. The number of anilines is 1. The van der Waals surface area contributed by atoms with Crippen LogP contribution in [0.25, 0.3) is 0 Å². The second-order valence-electron chi connectivity index (χ2n) is 5.99. The summed E-state index contributed by atoms with van der Waals surface area (Å²) >= 11 is 0. The molecule has 132 valence electrons. The fourth-order valence-corrected chi connectivity index (χ4v) is 3.73. The summed E-state index contributed by atoms with van der Waals surface area (Å²) in [6, 6.07) is 5.40. The second kappa shape index (κ2) is 7.16. The molecule has 1 aliphatic carbocycles. The van der Waals surface area contributed by atoms with Crippen LogP contribution in [-0.2, 0) is 14.8 Å². The number of sulfonamides is 1. The number of hydrogen-bond donors (Lipinski definition) is 0. The molecule has 1 aromatic carbocycles. The Labute approximate surface area is 141 Å². The van der Waals surface area contributed by atoms with Gasteiger partial charge < -0.3 is 4.90 Å². The average molecular weight is 355 g/mol. The first-order valence-electron chi connectivity index (χ1n) is 7.68. The number of benzene rings is 1. The Morgan fingerprint density at radius 1 is 1.33 bits per heavy atom. The van der Waals surface area contributed by atoms with Gasteiger partial charge in [0, 0.05) is 25.2 Å². The molecule has 0 bridgehead atoms. The summed E-state index contributed by atoms with van der Waals surface area (Å²) in [5.41, 5.74) is -0.113. The Kier molecular flexibility index (Phi) is 5.43. The van der Waals surface area contributed by atoms with Crippen LogP contribution in [0.4, 0.5) is 11.4 Å². The fraction of sp³-hybridized carbons (Fsp3) is 0.533. The van der Waals surface area contributed by atoms with E-state index >= 15 is 0 Å². The van der Waals surface area contributed by atoms with Crippen LogP contribution in [0.3, 0.4) is 0 Å². The van der Waals surface area contributed by atoms with Crippen molar-refractivity contribution in [2.75, 3.05) is 24.2 Å². The molecule has 1 aromatic rings. The van der Waals surface area contributed by atoms with Crippen molar-refractivity contribution >= 4 is 27.3 Å². The first kappa shape index (κ1) is 18.2. The number of nitrogens with zero attached hydrogens (tertiary/aromatic N) is 3. The molecule has 0 aromatic heterocycles. The minimum atomic E-state index is -3.75. The number of hydrogen-bond acceptors (Lipinski definition) is 5. The fourth-order valence-electron chi connectivity index (χ4n) is 2.89. The van der Waals surface area contributed by atoms with Crippen molar-refractivity contribution in [2.24, 2.45) is 0 Å². The molecule has 0 unspecified atom stereocenters. The van der Waals surface area contributed by atoms with Crippen molar-refractivity contribution in [3.8, 4) is 0 Å². The molecule has 1 amide bonds. The number of likely N-dealkylation sites (N-methyl/N-ethyl adjacent to an activating group) is 1. The molecule has 24 heavy (non-hydrogen) atoms. The Bertz CT molecular complexity index is 728. The third-order valence-corrected chi connectivity index (χ3v) is 5.41. The van der Waals surface area contributed by atoms with Crippen LogP contribution in [0.2, 0.25) is 0 Å². The topological polar surface area (TPSA) is 101 Å². The SMILES string of the molecule is CN(C(=O)CN(c1cccc([N+](=O)[O-])c1)S(C)(=O)=O)C1CCCC1. The Hall–Kier alpha value is -2.16. The van der Waals surface area contributed by atoms with Crippen LogP contribution < -0.4 is 4.31 Å². The van der Waals surface area contributed by atoms with E-state index in [0.29, 0.717) is 0 Å². The predicted molar refractivity (Wildman–Crippen MR) is 90.3 cm³/mol. The van der Waals surface area contributed by atoms with Crippen LogP contribution >= 0.6 is 0 Å². The lowest BCUT2D eigenvalue weighted by molar-refractivity contribution is -0.384. The van der Waals surface area contributed by atoms with Crippen LogP contribution in [0.5, 0.6) is 0 Å². The summed E-state index contributed by atoms with van der Waals surface area (Å²) in [6.07, 6.45) is 4.93. The van der Waals surface area contributed by atoms with Crippen LogP contribution in [0, 0.1) is 10.1 Å². The highest BCUT2D eigenvalue weighted by Gasteiger charge is 2.28. The van der Waals surface area contributed by atoms with E-state index in [-0.39, 0.29) is 29.9 Å². The predicted octanol–water partition coefficient (Wildman–Crippen LogP) is 1.76. The molecule has 0 spiro atoms. The van der Waals surface area contributed by atoms with Crippen LogP contribution in [-0.4, -0.2) is 50.0 Å². The maximum absolute atomic E-state index is 12.5. The van der Waals surface area contributed by atoms with Crippen LogP contribution in [0.1, 0.15) is 25.7 Å². The van der Waals surface area contributed by atoms with Crippen molar-refractivity contribution < 1.29 is 18.1 Å². The minimum Gasteiger partial charge on any atom is -0.341 e. The maximum atomic E-state index is 12.5. The normalized spacial score (nSPS) is 15.2. The summed E-state index contributed by atoms with van der Waals surface area (Å²) in [6.45, 7) is -0.368. The van der Waals surface area contributed by atoms with Gasteiger partial charge in [0.05, 0.1) is 16.9 Å². The lowest BCUT2D eigenvalue weighted by Crippen LogP contribution is -2.44. The molecule has 0 radical (unpaired) electrons. The molecule has 2 rings (SSSR count). The Morgan fingerprint density at radius 3 is 2.50 bits per heavy atom. The number of nitro benzene ring substituents is 1. The molecule has 0 heterocycles. The minimum absolute atomic E-state index is 0.111. The molecule has 8 nitrogen and oxygen atoms in total. The zero-order valence-corrected chi connectivity index (χ0v) is 14.5. The standard InChI is InChI=1S/C15H21N3O5S/c1-16(12-6-3-4-7-12)15(19)11-17(24(2,22)23)13-8-5-9-14(10-13)18(20)21/h5,8-10,12H,3-4,6-7,11H2,1-2H3. The van der Waals surface area contributed by atoms with Gasteiger partial charge in [0.2, 0.25) is 15.9 Å². The summed E-state index contributed by atoms with van der Waals surface area (Å²) in [5, 5.41) is 10.9. The molecule has 1 saturated carbocycles. The van der Waals surface area contributed by atoms with E-state index in [9.17, 15) is 23.3 Å². The lowest BCUT2D eigenvalue weighted by Gasteiger charge is -2.28. The van der Waals surface area contributed by atoms with Gasteiger partial charge in [0.15, 0.2) is 0 Å². The van der Waals surface area contributed by atoms with E-state index in [1.54, 1.807) is 11.9 Å². The van der Waals surface area contributed by atoms with Gasteiger partial charge in [-0.25, -0.2) is 8.42 Å². The summed E-state index contributed by atoms with van der Waals surface area (Å²) in [4.78, 5) is 24.3. The largest absolute Gasteiger partial charge is 0.341 e. The molecular formula is C15H21N3O5S. The van der Waals surface area contributed by atoms with Crippen LogP contribution in [0.15, 0.2) is 24.3 Å². The van der Waals surface area contributed by atoms with Crippen molar-refractivity contribution in [1.82, 2.24) is 4.90 Å². The first-order chi connectivity index (χ1) is 11.2.